The standard InChI is InChI=1S/C19H25NO/c1-3-11-20-14-18(17-6-4-5-15(2)12-17)13-16-7-9-19(21)10-8-16/h4-10,12,18,20-21H,3,11,13-14H2,1-2H3. The molecule has 1 atom stereocenters. The maximum absolute atomic E-state index is 9.41. The molecule has 0 amide bonds. The van der Waals surface area contributed by atoms with Crippen LogP contribution in [0, 0.1) is 6.92 Å². The van der Waals surface area contributed by atoms with E-state index < -0.39 is 0 Å². The zero-order chi connectivity index (χ0) is 15.1. The van der Waals surface area contributed by atoms with Crippen molar-refractivity contribution in [3.63, 3.8) is 0 Å². The van der Waals surface area contributed by atoms with Crippen LogP contribution in [-0.2, 0) is 6.42 Å². The summed E-state index contributed by atoms with van der Waals surface area (Å²) >= 11 is 0. The van der Waals surface area contributed by atoms with E-state index in [4.69, 9.17) is 0 Å². The van der Waals surface area contributed by atoms with E-state index in [1.54, 1.807) is 12.1 Å². The molecule has 1 unspecified atom stereocenters. The summed E-state index contributed by atoms with van der Waals surface area (Å²) in [5.74, 6) is 0.788. The van der Waals surface area contributed by atoms with Crippen LogP contribution < -0.4 is 5.32 Å². The molecule has 0 bridgehead atoms. The van der Waals surface area contributed by atoms with Crippen molar-refractivity contribution in [3.8, 4) is 5.75 Å². The SMILES string of the molecule is CCCNCC(Cc1ccc(O)cc1)c1cccc(C)c1. The Morgan fingerprint density at radius 2 is 1.86 bits per heavy atom. The van der Waals surface area contributed by atoms with Gasteiger partial charge in [-0.3, -0.25) is 0 Å². The summed E-state index contributed by atoms with van der Waals surface area (Å²) in [6.45, 7) is 6.37. The minimum Gasteiger partial charge on any atom is -0.508 e. The van der Waals surface area contributed by atoms with Gasteiger partial charge in [0.15, 0.2) is 0 Å². The fourth-order valence-electron chi connectivity index (χ4n) is 2.60. The van der Waals surface area contributed by atoms with Gasteiger partial charge in [-0.2, -0.15) is 0 Å². The molecule has 112 valence electrons. The van der Waals surface area contributed by atoms with Crippen LogP contribution in [0.15, 0.2) is 48.5 Å². The van der Waals surface area contributed by atoms with Gasteiger partial charge in [0.2, 0.25) is 0 Å². The summed E-state index contributed by atoms with van der Waals surface area (Å²) in [6, 6.07) is 16.3. The van der Waals surface area contributed by atoms with Crippen LogP contribution in [0.4, 0.5) is 0 Å². The van der Waals surface area contributed by atoms with Gasteiger partial charge in [0.05, 0.1) is 0 Å². The third-order valence-electron chi connectivity index (χ3n) is 3.75. The van der Waals surface area contributed by atoms with E-state index in [2.05, 4.69) is 43.4 Å². The molecule has 0 aliphatic carbocycles. The molecule has 0 aliphatic rings. The summed E-state index contributed by atoms with van der Waals surface area (Å²) < 4.78 is 0. The lowest BCUT2D eigenvalue weighted by atomic mass is 9.91. The predicted octanol–water partition coefficient (Wildman–Crippen LogP) is 4.03. The Balaban J connectivity index is 2.13. The van der Waals surface area contributed by atoms with Gasteiger partial charge in [0, 0.05) is 12.5 Å². The molecule has 0 radical (unpaired) electrons. The molecule has 0 heterocycles. The fourth-order valence-corrected chi connectivity index (χ4v) is 2.60. The quantitative estimate of drug-likeness (QED) is 0.752. The third-order valence-corrected chi connectivity index (χ3v) is 3.75. The first-order valence-corrected chi connectivity index (χ1v) is 7.74. The molecule has 2 aromatic rings. The molecule has 0 aliphatic heterocycles. The zero-order valence-corrected chi connectivity index (χ0v) is 13.0. The molecule has 2 rings (SSSR count). The van der Waals surface area contributed by atoms with Crippen molar-refractivity contribution in [1.29, 1.82) is 0 Å². The number of hydrogen-bond donors (Lipinski definition) is 2. The Morgan fingerprint density at radius 3 is 2.52 bits per heavy atom. The summed E-state index contributed by atoms with van der Waals surface area (Å²) in [4.78, 5) is 0. The Labute approximate surface area is 127 Å². The van der Waals surface area contributed by atoms with Crippen LogP contribution in [0.25, 0.3) is 0 Å². The second kappa shape index (κ2) is 7.84. The molecular formula is C19H25NO. The van der Waals surface area contributed by atoms with Gasteiger partial charge in [-0.05, 0) is 49.6 Å². The summed E-state index contributed by atoms with van der Waals surface area (Å²) in [7, 11) is 0. The molecule has 2 N–H and O–H groups in total. The highest BCUT2D eigenvalue weighted by molar-refractivity contribution is 5.30. The van der Waals surface area contributed by atoms with Crippen LogP contribution in [0.1, 0.15) is 36.0 Å². The monoisotopic (exact) mass is 283 g/mol. The molecule has 0 spiro atoms. The second-order valence-electron chi connectivity index (χ2n) is 5.69. The van der Waals surface area contributed by atoms with E-state index in [9.17, 15) is 5.11 Å². The largest absolute Gasteiger partial charge is 0.508 e. The minimum atomic E-state index is 0.329. The highest BCUT2D eigenvalue weighted by atomic mass is 16.3. The van der Waals surface area contributed by atoms with Crippen LogP contribution in [0.5, 0.6) is 5.75 Å². The lowest BCUT2D eigenvalue weighted by Gasteiger charge is -2.19. The summed E-state index contributed by atoms with van der Waals surface area (Å²) in [5.41, 5.74) is 3.95. The topological polar surface area (TPSA) is 32.3 Å². The first kappa shape index (κ1) is 15.6. The van der Waals surface area contributed by atoms with Gasteiger partial charge in [-0.15, -0.1) is 0 Å². The van der Waals surface area contributed by atoms with Gasteiger partial charge in [0.1, 0.15) is 5.75 Å². The molecule has 0 saturated heterocycles. The summed E-state index contributed by atoms with van der Waals surface area (Å²) in [5, 5.41) is 12.9. The van der Waals surface area contributed by atoms with Crippen LogP contribution in [0.2, 0.25) is 0 Å². The number of phenolic OH excluding ortho intramolecular Hbond substituents is 1. The zero-order valence-electron chi connectivity index (χ0n) is 13.0. The maximum Gasteiger partial charge on any atom is 0.115 e. The number of phenols is 1. The highest BCUT2D eigenvalue weighted by Gasteiger charge is 2.12. The van der Waals surface area contributed by atoms with Crippen molar-refractivity contribution in [3.05, 3.63) is 65.2 Å². The molecule has 21 heavy (non-hydrogen) atoms. The molecule has 0 aromatic heterocycles. The minimum absolute atomic E-state index is 0.329. The summed E-state index contributed by atoms with van der Waals surface area (Å²) in [6.07, 6.45) is 2.14. The van der Waals surface area contributed by atoms with Crippen LogP contribution in [-0.4, -0.2) is 18.2 Å². The number of nitrogens with one attached hydrogen (secondary N) is 1. The van der Waals surface area contributed by atoms with Crippen molar-refractivity contribution in [2.75, 3.05) is 13.1 Å². The van der Waals surface area contributed by atoms with Gasteiger partial charge in [-0.1, -0.05) is 48.9 Å². The Bertz CT molecular complexity index is 548. The van der Waals surface area contributed by atoms with Gasteiger partial charge < -0.3 is 10.4 Å². The van der Waals surface area contributed by atoms with E-state index in [-0.39, 0.29) is 0 Å². The third kappa shape index (κ3) is 4.91. The van der Waals surface area contributed by atoms with Crippen LogP contribution in [0.3, 0.4) is 0 Å². The lowest BCUT2D eigenvalue weighted by molar-refractivity contribution is 0.475. The fraction of sp³-hybridized carbons (Fsp3) is 0.368. The van der Waals surface area contributed by atoms with Crippen molar-refractivity contribution < 1.29 is 5.11 Å². The van der Waals surface area contributed by atoms with E-state index >= 15 is 0 Å². The number of benzene rings is 2. The molecule has 2 nitrogen and oxygen atoms in total. The predicted molar refractivity (Wildman–Crippen MR) is 88.9 cm³/mol. The Hall–Kier alpha value is -1.80. The van der Waals surface area contributed by atoms with Gasteiger partial charge in [-0.25, -0.2) is 0 Å². The van der Waals surface area contributed by atoms with E-state index in [0.717, 1.165) is 25.9 Å². The highest BCUT2D eigenvalue weighted by Crippen LogP contribution is 2.22. The van der Waals surface area contributed by atoms with E-state index in [0.29, 0.717) is 11.7 Å². The Morgan fingerprint density at radius 1 is 1.10 bits per heavy atom. The second-order valence-corrected chi connectivity index (χ2v) is 5.69. The lowest BCUT2D eigenvalue weighted by Crippen LogP contribution is -2.23. The van der Waals surface area contributed by atoms with E-state index in [1.807, 2.05) is 12.1 Å². The average molecular weight is 283 g/mol. The normalized spacial score (nSPS) is 12.3. The van der Waals surface area contributed by atoms with Crippen LogP contribution >= 0.6 is 0 Å². The maximum atomic E-state index is 9.41. The number of aromatic hydroxyl groups is 1. The van der Waals surface area contributed by atoms with Crippen molar-refractivity contribution >= 4 is 0 Å². The van der Waals surface area contributed by atoms with Crippen molar-refractivity contribution in [1.82, 2.24) is 5.32 Å². The average Bonchev–Trinajstić information content (AvgIpc) is 2.48. The Kier molecular flexibility index (Phi) is 5.82. The van der Waals surface area contributed by atoms with Crippen molar-refractivity contribution in [2.45, 2.75) is 32.6 Å². The molecular weight excluding hydrogens is 258 g/mol. The molecule has 2 aromatic carbocycles. The first-order chi connectivity index (χ1) is 10.2. The number of rotatable bonds is 7. The molecule has 0 saturated carbocycles. The van der Waals surface area contributed by atoms with E-state index in [1.165, 1.54) is 16.7 Å². The molecule has 0 fully saturated rings. The van der Waals surface area contributed by atoms with Crippen molar-refractivity contribution in [2.24, 2.45) is 0 Å². The van der Waals surface area contributed by atoms with Gasteiger partial charge >= 0.3 is 0 Å². The van der Waals surface area contributed by atoms with Gasteiger partial charge in [0.25, 0.3) is 0 Å². The number of aryl methyl sites for hydroxylation is 1. The smallest absolute Gasteiger partial charge is 0.115 e. The molecule has 2 heteroatoms. The number of hydrogen-bond acceptors (Lipinski definition) is 2. The first-order valence-electron chi connectivity index (χ1n) is 7.74.